The lowest BCUT2D eigenvalue weighted by Crippen LogP contribution is -2.60. The first-order valence-electron chi connectivity index (χ1n) is 19.1. The fourth-order valence-electron chi connectivity index (χ4n) is 9.16. The number of hydrogen-bond acceptors (Lipinski definition) is 12. The Morgan fingerprint density at radius 1 is 1.00 bits per heavy atom. The first kappa shape index (κ1) is 39.7. The highest BCUT2D eigenvalue weighted by Gasteiger charge is 2.60. The van der Waals surface area contributed by atoms with E-state index in [4.69, 9.17) is 33.2 Å². The number of aliphatic hydroxyl groups is 4. The van der Waals surface area contributed by atoms with Crippen LogP contribution in [0.25, 0.3) is 0 Å². The lowest BCUT2D eigenvalue weighted by atomic mass is 9.71. The average molecular weight is 733 g/mol. The summed E-state index contributed by atoms with van der Waals surface area (Å²) in [6.07, 6.45) is 3.88. The summed E-state index contributed by atoms with van der Waals surface area (Å²) in [4.78, 5) is 14.2. The largest absolute Gasteiger partial charge is 0.462 e. The molecule has 12 nitrogen and oxygen atoms in total. The van der Waals surface area contributed by atoms with Crippen molar-refractivity contribution in [1.82, 2.24) is 0 Å². The van der Waals surface area contributed by atoms with E-state index in [1.54, 1.807) is 33.1 Å². The molecule has 0 amide bonds. The molecule has 1 aliphatic carbocycles. The summed E-state index contributed by atoms with van der Waals surface area (Å²) >= 11 is 0. The molecule has 5 heterocycles. The Labute approximate surface area is 307 Å². The highest BCUT2D eigenvalue weighted by atomic mass is 16.7. The number of carbonyl (C=O) groups is 1. The zero-order valence-corrected chi connectivity index (χ0v) is 31.8. The number of esters is 1. The zero-order chi connectivity index (χ0) is 37.7. The van der Waals surface area contributed by atoms with Crippen molar-refractivity contribution in [2.45, 2.75) is 159 Å². The maximum absolute atomic E-state index is 14.2. The molecule has 6 aliphatic rings. The van der Waals surface area contributed by atoms with Crippen LogP contribution < -0.4 is 0 Å². The van der Waals surface area contributed by atoms with Crippen molar-refractivity contribution < 1.29 is 58.4 Å². The third kappa shape index (κ3) is 7.63. The van der Waals surface area contributed by atoms with Gasteiger partial charge in [-0.2, -0.15) is 0 Å². The Kier molecular flexibility index (Phi) is 11.9. The fraction of sp³-hybridized carbons (Fsp3) is 0.775. The van der Waals surface area contributed by atoms with Crippen LogP contribution in [0.2, 0.25) is 0 Å². The number of allylic oxidation sites excluding steroid dienone is 2. The van der Waals surface area contributed by atoms with E-state index in [9.17, 15) is 25.2 Å². The van der Waals surface area contributed by atoms with E-state index in [0.29, 0.717) is 30.4 Å². The number of ether oxygens (including phenoxy) is 7. The zero-order valence-electron chi connectivity index (χ0n) is 31.8. The number of hydrogen-bond donors (Lipinski definition) is 4. The van der Waals surface area contributed by atoms with Crippen molar-refractivity contribution in [3.63, 3.8) is 0 Å². The molecular formula is C40H60O12. The molecule has 0 aromatic rings. The van der Waals surface area contributed by atoms with Gasteiger partial charge in [-0.25, -0.2) is 0 Å². The van der Waals surface area contributed by atoms with Crippen LogP contribution in [0.1, 0.15) is 80.6 Å². The highest BCUT2D eigenvalue weighted by molar-refractivity contribution is 5.78. The number of aliphatic hydroxyl groups excluding tert-OH is 3. The lowest BCUT2D eigenvalue weighted by Gasteiger charge is -2.52. The molecule has 0 saturated carbocycles. The molecular weight excluding hydrogens is 672 g/mol. The summed E-state index contributed by atoms with van der Waals surface area (Å²) in [6.45, 7) is 13.7. The number of methoxy groups -OCH3 is 1. The van der Waals surface area contributed by atoms with Crippen molar-refractivity contribution >= 4 is 5.97 Å². The Morgan fingerprint density at radius 2 is 1.75 bits per heavy atom. The van der Waals surface area contributed by atoms with Crippen LogP contribution >= 0.6 is 0 Å². The summed E-state index contributed by atoms with van der Waals surface area (Å²) in [5, 5.41) is 45.3. The molecule has 4 fully saturated rings. The molecule has 16 unspecified atom stereocenters. The second-order valence-electron chi connectivity index (χ2n) is 16.4. The molecule has 5 aliphatic heterocycles. The minimum absolute atomic E-state index is 0.0260. The Bertz CT molecular complexity index is 1420. The summed E-state index contributed by atoms with van der Waals surface area (Å²) < 4.78 is 44.1. The first-order valence-corrected chi connectivity index (χ1v) is 19.1. The fourth-order valence-corrected chi connectivity index (χ4v) is 9.16. The molecule has 52 heavy (non-hydrogen) atoms. The van der Waals surface area contributed by atoms with Gasteiger partial charge in [0.25, 0.3) is 0 Å². The van der Waals surface area contributed by atoms with Gasteiger partial charge in [-0.1, -0.05) is 58.1 Å². The van der Waals surface area contributed by atoms with Crippen LogP contribution in [-0.4, -0.2) is 119 Å². The second-order valence-corrected chi connectivity index (χ2v) is 16.4. The maximum atomic E-state index is 14.2. The monoisotopic (exact) mass is 732 g/mol. The van der Waals surface area contributed by atoms with Gasteiger partial charge in [-0.15, -0.1) is 0 Å². The number of carbonyl (C=O) groups excluding carboxylic acids is 1. The molecule has 1 spiro atoms. The quantitative estimate of drug-likeness (QED) is 0.246. The third-order valence-electron chi connectivity index (χ3n) is 12.3. The van der Waals surface area contributed by atoms with Gasteiger partial charge in [-0.3, -0.25) is 4.79 Å². The van der Waals surface area contributed by atoms with Gasteiger partial charge in [0.1, 0.15) is 35.9 Å². The van der Waals surface area contributed by atoms with E-state index in [1.165, 1.54) is 0 Å². The van der Waals surface area contributed by atoms with Crippen molar-refractivity contribution in [2.24, 2.45) is 23.7 Å². The van der Waals surface area contributed by atoms with Gasteiger partial charge in [0.15, 0.2) is 12.1 Å². The minimum atomic E-state index is -1.84. The third-order valence-corrected chi connectivity index (χ3v) is 12.3. The van der Waals surface area contributed by atoms with Gasteiger partial charge in [0.05, 0.1) is 43.2 Å². The number of rotatable bonds is 4. The van der Waals surface area contributed by atoms with Crippen LogP contribution in [-0.2, 0) is 38.0 Å². The van der Waals surface area contributed by atoms with Crippen molar-refractivity contribution in [3.8, 4) is 0 Å². The summed E-state index contributed by atoms with van der Waals surface area (Å²) in [5.74, 6) is -3.12. The van der Waals surface area contributed by atoms with Crippen LogP contribution in [0.15, 0.2) is 47.1 Å². The molecule has 0 radical (unpaired) electrons. The average Bonchev–Trinajstić information content (AvgIpc) is 3.43. The molecule has 16 atom stereocenters. The normalized spacial score (nSPS) is 47.4. The van der Waals surface area contributed by atoms with Gasteiger partial charge >= 0.3 is 5.97 Å². The topological polar surface area (TPSA) is 163 Å². The molecule has 0 aromatic heterocycles. The van der Waals surface area contributed by atoms with E-state index in [1.807, 2.05) is 32.9 Å². The molecule has 292 valence electrons. The number of fused-ring (bicyclic) bond motifs is 2. The standard InChI is InChI=1S/C40H60O12/c1-20(2)35-24(6)30(41)18-39(52-35)17-28-15-27(51-39)13-12-22(4)36(50-32-16-31(46-8)34(43)25(7)48-32)21(3)10-9-11-26-19-47-37-33(42)23(5)14-29(38(44)49-28)40(26,37)45/h9-12,14,20-21,24-25,27-37,41-43,45H,13,15-19H2,1-8H3. The molecule has 2 bridgehead atoms. The molecule has 6 rings (SSSR count). The molecule has 12 heteroatoms. The summed E-state index contributed by atoms with van der Waals surface area (Å²) in [5.41, 5.74) is 0.0696. The van der Waals surface area contributed by atoms with Crippen molar-refractivity contribution in [2.75, 3.05) is 13.7 Å². The van der Waals surface area contributed by atoms with E-state index >= 15 is 0 Å². The molecule has 4 saturated heterocycles. The Hall–Kier alpha value is -1.97. The van der Waals surface area contributed by atoms with Crippen molar-refractivity contribution in [1.29, 1.82) is 0 Å². The Morgan fingerprint density at radius 3 is 2.46 bits per heavy atom. The van der Waals surface area contributed by atoms with Gasteiger partial charge in [0, 0.05) is 44.6 Å². The van der Waals surface area contributed by atoms with E-state index in [-0.39, 0.29) is 43.3 Å². The summed E-state index contributed by atoms with van der Waals surface area (Å²) in [7, 11) is 1.57. The van der Waals surface area contributed by atoms with Gasteiger partial charge < -0.3 is 53.6 Å². The second kappa shape index (κ2) is 15.6. The smallest absolute Gasteiger partial charge is 0.316 e. The lowest BCUT2D eigenvalue weighted by molar-refractivity contribution is -0.353. The predicted molar refractivity (Wildman–Crippen MR) is 190 cm³/mol. The summed E-state index contributed by atoms with van der Waals surface area (Å²) in [6, 6.07) is 0. The van der Waals surface area contributed by atoms with Gasteiger partial charge in [-0.05, 0) is 49.8 Å². The predicted octanol–water partition coefficient (Wildman–Crippen LogP) is 3.65. The van der Waals surface area contributed by atoms with Crippen LogP contribution in [0, 0.1) is 23.7 Å². The minimum Gasteiger partial charge on any atom is -0.462 e. The van der Waals surface area contributed by atoms with Crippen molar-refractivity contribution in [3.05, 3.63) is 47.1 Å². The molecule has 4 N–H and O–H groups in total. The Balaban J connectivity index is 1.39. The SMILES string of the molecule is COC1CC(OC2C(C)=CCC3CC(CC4(CC(O)C(C)C(C(C)C)O4)O3)OC(=O)C3C=C(C)C(O)C4OCC(=CC=CC2C)C34O)OC(C)C1O. The van der Waals surface area contributed by atoms with E-state index < -0.39 is 84.5 Å². The van der Waals surface area contributed by atoms with Gasteiger partial charge in [0.2, 0.25) is 0 Å². The van der Waals surface area contributed by atoms with Crippen LogP contribution in [0.5, 0.6) is 0 Å². The first-order chi connectivity index (χ1) is 24.6. The molecule has 0 aromatic carbocycles. The van der Waals surface area contributed by atoms with Crippen LogP contribution in [0.3, 0.4) is 0 Å². The highest BCUT2D eigenvalue weighted by Crippen LogP contribution is 2.48. The maximum Gasteiger partial charge on any atom is 0.316 e. The van der Waals surface area contributed by atoms with Crippen LogP contribution in [0.4, 0.5) is 0 Å². The van der Waals surface area contributed by atoms with E-state index in [0.717, 1.165) is 5.57 Å². The van der Waals surface area contributed by atoms with E-state index in [2.05, 4.69) is 19.9 Å².